The number of halogens is 2. The number of methoxy groups -OCH3 is 2. The molecule has 28 heavy (non-hydrogen) atoms. The SMILES string of the molecule is COc1ccc(NC(=O)C(C)Sc2nc3ccccc3n2C(F)F)cc1OC. The second kappa shape index (κ2) is 8.47. The predicted molar refractivity (Wildman–Crippen MR) is 104 cm³/mol. The summed E-state index contributed by atoms with van der Waals surface area (Å²) in [5.74, 6) is 0.666. The fourth-order valence-corrected chi connectivity index (χ4v) is 3.59. The Morgan fingerprint density at radius 3 is 2.54 bits per heavy atom. The summed E-state index contributed by atoms with van der Waals surface area (Å²) in [5, 5.41) is 2.19. The van der Waals surface area contributed by atoms with Crippen molar-refractivity contribution in [2.45, 2.75) is 23.9 Å². The third-order valence-electron chi connectivity index (χ3n) is 4.06. The van der Waals surface area contributed by atoms with Gasteiger partial charge in [-0.2, -0.15) is 8.78 Å². The Morgan fingerprint density at radius 2 is 1.86 bits per heavy atom. The number of imidazole rings is 1. The van der Waals surface area contributed by atoms with Crippen LogP contribution in [0.2, 0.25) is 0 Å². The molecule has 0 aliphatic carbocycles. The van der Waals surface area contributed by atoms with E-state index in [2.05, 4.69) is 10.3 Å². The largest absolute Gasteiger partial charge is 0.493 e. The van der Waals surface area contributed by atoms with Gasteiger partial charge in [0.05, 0.1) is 30.5 Å². The van der Waals surface area contributed by atoms with Crippen molar-refractivity contribution in [3.05, 3.63) is 42.5 Å². The highest BCUT2D eigenvalue weighted by molar-refractivity contribution is 8.00. The summed E-state index contributed by atoms with van der Waals surface area (Å²) in [6.07, 6.45) is 0. The summed E-state index contributed by atoms with van der Waals surface area (Å²) in [4.78, 5) is 16.8. The lowest BCUT2D eigenvalue weighted by Gasteiger charge is -2.14. The fourth-order valence-electron chi connectivity index (χ4n) is 2.66. The van der Waals surface area contributed by atoms with Crippen LogP contribution in [0.3, 0.4) is 0 Å². The molecule has 3 aromatic rings. The lowest BCUT2D eigenvalue weighted by molar-refractivity contribution is -0.115. The Hall–Kier alpha value is -2.81. The maximum Gasteiger partial charge on any atom is 0.321 e. The van der Waals surface area contributed by atoms with Crippen molar-refractivity contribution in [3.8, 4) is 11.5 Å². The maximum absolute atomic E-state index is 13.5. The fraction of sp³-hybridized carbons (Fsp3) is 0.263. The molecule has 1 atom stereocenters. The van der Waals surface area contributed by atoms with Crippen LogP contribution < -0.4 is 14.8 Å². The predicted octanol–water partition coefficient (Wildman–Crippen LogP) is 4.57. The molecule has 3 rings (SSSR count). The first-order valence-electron chi connectivity index (χ1n) is 8.39. The van der Waals surface area contributed by atoms with Gasteiger partial charge in [-0.1, -0.05) is 23.9 Å². The van der Waals surface area contributed by atoms with Gasteiger partial charge in [-0.25, -0.2) is 4.98 Å². The van der Waals surface area contributed by atoms with E-state index < -0.39 is 11.8 Å². The molecule has 0 saturated heterocycles. The van der Waals surface area contributed by atoms with E-state index in [9.17, 15) is 13.6 Å². The van der Waals surface area contributed by atoms with Crippen molar-refractivity contribution in [2.75, 3.05) is 19.5 Å². The number of hydrogen-bond donors (Lipinski definition) is 1. The van der Waals surface area contributed by atoms with Crippen LogP contribution >= 0.6 is 11.8 Å². The summed E-state index contributed by atoms with van der Waals surface area (Å²) in [6, 6.07) is 11.6. The van der Waals surface area contributed by atoms with Crippen LogP contribution in [0.15, 0.2) is 47.6 Å². The standard InChI is InChI=1S/C19H19F2N3O3S/c1-11(17(25)22-12-8-9-15(26-2)16(10-12)27-3)28-19-23-13-6-4-5-7-14(13)24(19)18(20)21/h4-11,18H,1-3H3,(H,22,25). The Bertz CT molecular complexity index is 994. The maximum atomic E-state index is 13.5. The number of nitrogens with zero attached hydrogens (tertiary/aromatic N) is 2. The molecular formula is C19H19F2N3O3S. The molecule has 0 saturated carbocycles. The van der Waals surface area contributed by atoms with Crippen LogP contribution in [-0.2, 0) is 4.79 Å². The molecule has 0 fully saturated rings. The average molecular weight is 407 g/mol. The highest BCUT2D eigenvalue weighted by Crippen LogP contribution is 2.33. The Kier molecular flexibility index (Phi) is 6.03. The molecule has 0 radical (unpaired) electrons. The van der Waals surface area contributed by atoms with Gasteiger partial charge in [0.2, 0.25) is 5.91 Å². The van der Waals surface area contributed by atoms with E-state index in [1.54, 1.807) is 49.4 Å². The summed E-state index contributed by atoms with van der Waals surface area (Å²) in [5.41, 5.74) is 1.29. The zero-order valence-corrected chi connectivity index (χ0v) is 16.3. The molecule has 1 unspecified atom stereocenters. The van der Waals surface area contributed by atoms with Crippen molar-refractivity contribution >= 4 is 34.4 Å². The number of benzene rings is 2. The number of para-hydroxylation sites is 2. The number of anilines is 1. The lowest BCUT2D eigenvalue weighted by atomic mass is 10.2. The minimum Gasteiger partial charge on any atom is -0.493 e. The van der Waals surface area contributed by atoms with Crippen molar-refractivity contribution < 1.29 is 23.0 Å². The van der Waals surface area contributed by atoms with E-state index in [0.29, 0.717) is 28.2 Å². The minimum absolute atomic E-state index is 0.0890. The number of alkyl halides is 2. The zero-order chi connectivity index (χ0) is 20.3. The lowest BCUT2D eigenvalue weighted by Crippen LogP contribution is -2.23. The number of ether oxygens (including phenoxy) is 2. The normalized spacial score (nSPS) is 12.2. The van der Waals surface area contributed by atoms with Crippen molar-refractivity contribution in [1.29, 1.82) is 0 Å². The van der Waals surface area contributed by atoms with Crippen LogP contribution in [0.25, 0.3) is 11.0 Å². The smallest absolute Gasteiger partial charge is 0.321 e. The first kappa shape index (κ1) is 19.9. The second-order valence-electron chi connectivity index (χ2n) is 5.85. The number of fused-ring (bicyclic) bond motifs is 1. The first-order valence-corrected chi connectivity index (χ1v) is 9.27. The van der Waals surface area contributed by atoms with Crippen LogP contribution in [0.4, 0.5) is 14.5 Å². The van der Waals surface area contributed by atoms with Gasteiger partial charge in [0.1, 0.15) is 0 Å². The topological polar surface area (TPSA) is 65.4 Å². The molecule has 0 aliphatic rings. The van der Waals surface area contributed by atoms with Crippen LogP contribution in [-0.4, -0.2) is 34.9 Å². The Labute approximate surface area is 164 Å². The van der Waals surface area contributed by atoms with E-state index in [1.807, 2.05) is 0 Å². The summed E-state index contributed by atoms with van der Waals surface area (Å²) >= 11 is 0.973. The van der Waals surface area contributed by atoms with E-state index in [0.717, 1.165) is 16.3 Å². The molecule has 0 aliphatic heterocycles. The molecule has 0 bridgehead atoms. The quantitative estimate of drug-likeness (QED) is 0.582. The monoisotopic (exact) mass is 407 g/mol. The number of carbonyl (C=O) groups is 1. The van der Waals surface area contributed by atoms with E-state index in [-0.39, 0.29) is 11.1 Å². The molecule has 2 aromatic carbocycles. The van der Waals surface area contributed by atoms with E-state index in [1.165, 1.54) is 14.2 Å². The average Bonchev–Trinajstić information content (AvgIpc) is 3.05. The molecule has 1 N–H and O–H groups in total. The van der Waals surface area contributed by atoms with Gasteiger partial charge in [0, 0.05) is 11.8 Å². The third-order valence-corrected chi connectivity index (χ3v) is 5.13. The van der Waals surface area contributed by atoms with Gasteiger partial charge in [-0.15, -0.1) is 0 Å². The number of aromatic nitrogens is 2. The molecule has 1 amide bonds. The van der Waals surface area contributed by atoms with Crippen molar-refractivity contribution in [2.24, 2.45) is 0 Å². The molecule has 0 spiro atoms. The Balaban J connectivity index is 1.78. The third kappa shape index (κ3) is 4.04. The highest BCUT2D eigenvalue weighted by Gasteiger charge is 2.23. The van der Waals surface area contributed by atoms with Gasteiger partial charge in [-0.3, -0.25) is 9.36 Å². The number of carbonyl (C=O) groups excluding carboxylic acids is 1. The molecule has 148 valence electrons. The van der Waals surface area contributed by atoms with Gasteiger partial charge in [-0.05, 0) is 31.2 Å². The number of nitrogens with one attached hydrogen (secondary N) is 1. The summed E-state index contributed by atoms with van der Waals surface area (Å²) in [6.45, 7) is -1.12. The van der Waals surface area contributed by atoms with Gasteiger partial charge in [0.15, 0.2) is 16.7 Å². The van der Waals surface area contributed by atoms with Gasteiger partial charge >= 0.3 is 6.55 Å². The van der Waals surface area contributed by atoms with Crippen LogP contribution in [0.5, 0.6) is 11.5 Å². The molecule has 6 nitrogen and oxygen atoms in total. The summed E-state index contributed by atoms with van der Waals surface area (Å²) < 4.78 is 38.3. The van der Waals surface area contributed by atoms with E-state index >= 15 is 0 Å². The minimum atomic E-state index is -2.75. The van der Waals surface area contributed by atoms with Crippen LogP contribution in [0, 0.1) is 0 Å². The molecule has 1 aromatic heterocycles. The number of rotatable bonds is 7. The summed E-state index contributed by atoms with van der Waals surface area (Å²) in [7, 11) is 3.01. The molecule has 9 heteroatoms. The van der Waals surface area contributed by atoms with Crippen molar-refractivity contribution in [1.82, 2.24) is 9.55 Å². The second-order valence-corrected chi connectivity index (χ2v) is 7.16. The van der Waals surface area contributed by atoms with Crippen LogP contribution in [0.1, 0.15) is 13.5 Å². The number of hydrogen-bond acceptors (Lipinski definition) is 5. The first-order chi connectivity index (χ1) is 13.4. The number of amides is 1. The van der Waals surface area contributed by atoms with E-state index in [4.69, 9.17) is 9.47 Å². The zero-order valence-electron chi connectivity index (χ0n) is 15.5. The highest BCUT2D eigenvalue weighted by atomic mass is 32.2. The molecular weight excluding hydrogens is 388 g/mol. The van der Waals surface area contributed by atoms with Gasteiger partial charge < -0.3 is 14.8 Å². The Morgan fingerprint density at radius 1 is 1.14 bits per heavy atom. The van der Waals surface area contributed by atoms with Crippen molar-refractivity contribution in [3.63, 3.8) is 0 Å². The van der Waals surface area contributed by atoms with Gasteiger partial charge in [0.25, 0.3) is 0 Å². The number of thioether (sulfide) groups is 1. The molecule has 1 heterocycles.